The van der Waals surface area contributed by atoms with Gasteiger partial charge in [-0.3, -0.25) is 0 Å². The molecule has 2 unspecified atom stereocenters. The molecular formula is C11H26N2. The zero-order chi connectivity index (χ0) is 10.4. The summed E-state index contributed by atoms with van der Waals surface area (Å²) < 4.78 is 0. The summed E-state index contributed by atoms with van der Waals surface area (Å²) in [4.78, 5) is 2.37. The van der Waals surface area contributed by atoms with E-state index in [4.69, 9.17) is 5.73 Å². The van der Waals surface area contributed by atoms with Crippen LogP contribution in [-0.2, 0) is 0 Å². The molecule has 0 aliphatic heterocycles. The molecule has 0 fully saturated rings. The van der Waals surface area contributed by atoms with Crippen LogP contribution in [0.4, 0.5) is 0 Å². The second-order valence-corrected chi connectivity index (χ2v) is 4.49. The topological polar surface area (TPSA) is 29.3 Å². The summed E-state index contributed by atoms with van der Waals surface area (Å²) >= 11 is 0. The fourth-order valence-corrected chi connectivity index (χ4v) is 1.36. The lowest BCUT2D eigenvalue weighted by Gasteiger charge is -2.28. The Bertz CT molecular complexity index is 123. The molecular weight excluding hydrogens is 160 g/mol. The molecule has 0 bridgehead atoms. The number of nitrogens with zero attached hydrogens (tertiary/aromatic N) is 1. The Morgan fingerprint density at radius 1 is 1.23 bits per heavy atom. The molecule has 0 aromatic heterocycles. The highest BCUT2D eigenvalue weighted by Gasteiger charge is 2.14. The minimum Gasteiger partial charge on any atom is -0.326 e. The van der Waals surface area contributed by atoms with Crippen molar-refractivity contribution >= 4 is 0 Å². The molecule has 0 radical (unpaired) electrons. The lowest BCUT2D eigenvalue weighted by Crippen LogP contribution is -2.42. The lowest BCUT2D eigenvalue weighted by atomic mass is 10.0. The van der Waals surface area contributed by atoms with E-state index in [0.717, 1.165) is 6.54 Å². The number of hydrogen-bond donors (Lipinski definition) is 1. The highest BCUT2D eigenvalue weighted by atomic mass is 15.1. The first kappa shape index (κ1) is 12.9. The smallest absolute Gasteiger partial charge is 0.0191 e. The van der Waals surface area contributed by atoms with Crippen molar-refractivity contribution in [2.24, 2.45) is 11.7 Å². The molecule has 2 N–H and O–H groups in total. The molecule has 0 heterocycles. The quantitative estimate of drug-likeness (QED) is 0.688. The van der Waals surface area contributed by atoms with Gasteiger partial charge in [-0.15, -0.1) is 0 Å². The third-order valence-corrected chi connectivity index (χ3v) is 2.81. The van der Waals surface area contributed by atoms with E-state index in [0.29, 0.717) is 18.0 Å². The van der Waals surface area contributed by atoms with Crippen molar-refractivity contribution in [3.05, 3.63) is 0 Å². The van der Waals surface area contributed by atoms with Crippen molar-refractivity contribution in [2.45, 2.75) is 52.6 Å². The van der Waals surface area contributed by atoms with Gasteiger partial charge in [-0.25, -0.2) is 0 Å². The van der Waals surface area contributed by atoms with Gasteiger partial charge in [0.2, 0.25) is 0 Å². The number of hydrogen-bond acceptors (Lipinski definition) is 2. The monoisotopic (exact) mass is 186 g/mol. The summed E-state index contributed by atoms with van der Waals surface area (Å²) in [5.74, 6) is 0.580. The van der Waals surface area contributed by atoms with Gasteiger partial charge in [0, 0.05) is 18.6 Å². The first-order chi connectivity index (χ1) is 5.99. The summed E-state index contributed by atoms with van der Waals surface area (Å²) in [6, 6.07) is 0.971. The summed E-state index contributed by atoms with van der Waals surface area (Å²) in [6.07, 6.45) is 2.52. The Balaban J connectivity index is 3.77. The van der Waals surface area contributed by atoms with E-state index in [1.54, 1.807) is 0 Å². The Labute approximate surface area is 83.5 Å². The maximum absolute atomic E-state index is 6.01. The van der Waals surface area contributed by atoms with Crippen LogP contribution in [0.2, 0.25) is 0 Å². The highest BCUT2D eigenvalue weighted by molar-refractivity contribution is 4.72. The van der Waals surface area contributed by atoms with Crippen LogP contribution >= 0.6 is 0 Å². The molecule has 0 aliphatic carbocycles. The first-order valence-corrected chi connectivity index (χ1v) is 5.44. The molecule has 0 aliphatic rings. The summed E-state index contributed by atoms with van der Waals surface area (Å²) in [5.41, 5.74) is 6.01. The Morgan fingerprint density at radius 3 is 2.15 bits per heavy atom. The second kappa shape index (κ2) is 6.39. The van der Waals surface area contributed by atoms with Crippen molar-refractivity contribution in [1.82, 2.24) is 4.90 Å². The molecule has 0 saturated carbocycles. The van der Waals surface area contributed by atoms with Gasteiger partial charge in [-0.1, -0.05) is 27.2 Å². The van der Waals surface area contributed by atoms with Crippen molar-refractivity contribution in [1.29, 1.82) is 0 Å². The van der Waals surface area contributed by atoms with E-state index in [1.807, 2.05) is 0 Å². The number of rotatable bonds is 6. The van der Waals surface area contributed by atoms with Crippen LogP contribution in [-0.4, -0.2) is 30.6 Å². The molecule has 2 atom stereocenters. The molecule has 2 nitrogen and oxygen atoms in total. The SMILES string of the molecule is CCCC(C)N(C)CC(N)C(C)C. The van der Waals surface area contributed by atoms with Gasteiger partial charge in [0.25, 0.3) is 0 Å². The predicted octanol–water partition coefficient (Wildman–Crippen LogP) is 2.09. The number of nitrogens with two attached hydrogens (primary N) is 1. The van der Waals surface area contributed by atoms with E-state index in [2.05, 4.69) is 39.6 Å². The molecule has 13 heavy (non-hydrogen) atoms. The van der Waals surface area contributed by atoms with Crippen LogP contribution < -0.4 is 5.73 Å². The van der Waals surface area contributed by atoms with Gasteiger partial charge in [-0.05, 0) is 26.3 Å². The van der Waals surface area contributed by atoms with Gasteiger partial charge in [0.1, 0.15) is 0 Å². The average Bonchev–Trinajstić information content (AvgIpc) is 2.04. The Kier molecular flexibility index (Phi) is 6.35. The van der Waals surface area contributed by atoms with Gasteiger partial charge >= 0.3 is 0 Å². The van der Waals surface area contributed by atoms with Crippen molar-refractivity contribution in [3.63, 3.8) is 0 Å². The van der Waals surface area contributed by atoms with E-state index >= 15 is 0 Å². The molecule has 0 amide bonds. The minimum atomic E-state index is 0.310. The van der Waals surface area contributed by atoms with Crippen molar-refractivity contribution < 1.29 is 0 Å². The molecule has 0 rings (SSSR count). The maximum atomic E-state index is 6.01. The van der Waals surface area contributed by atoms with Crippen LogP contribution in [0.15, 0.2) is 0 Å². The lowest BCUT2D eigenvalue weighted by molar-refractivity contribution is 0.215. The minimum absolute atomic E-state index is 0.310. The molecule has 0 aromatic rings. The van der Waals surface area contributed by atoms with Gasteiger partial charge in [0.05, 0.1) is 0 Å². The van der Waals surface area contributed by atoms with Gasteiger partial charge in [0.15, 0.2) is 0 Å². The molecule has 0 saturated heterocycles. The van der Waals surface area contributed by atoms with Gasteiger partial charge in [-0.2, -0.15) is 0 Å². The van der Waals surface area contributed by atoms with Crippen molar-refractivity contribution in [2.75, 3.05) is 13.6 Å². The summed E-state index contributed by atoms with van der Waals surface area (Å²) in [6.45, 7) is 9.88. The summed E-state index contributed by atoms with van der Waals surface area (Å²) in [5, 5.41) is 0. The fourth-order valence-electron chi connectivity index (χ4n) is 1.36. The highest BCUT2D eigenvalue weighted by Crippen LogP contribution is 2.07. The van der Waals surface area contributed by atoms with Crippen LogP contribution in [0, 0.1) is 5.92 Å². The number of likely N-dealkylation sites (N-methyl/N-ethyl adjacent to an activating group) is 1. The zero-order valence-electron chi connectivity index (χ0n) is 9.88. The maximum Gasteiger partial charge on any atom is 0.0191 e. The molecule has 0 spiro atoms. The zero-order valence-corrected chi connectivity index (χ0v) is 9.88. The van der Waals surface area contributed by atoms with Crippen LogP contribution in [0.25, 0.3) is 0 Å². The Hall–Kier alpha value is -0.0800. The van der Waals surface area contributed by atoms with E-state index < -0.39 is 0 Å². The van der Waals surface area contributed by atoms with Crippen LogP contribution in [0.3, 0.4) is 0 Å². The van der Waals surface area contributed by atoms with Crippen LogP contribution in [0.5, 0.6) is 0 Å². The van der Waals surface area contributed by atoms with E-state index in [9.17, 15) is 0 Å². The first-order valence-electron chi connectivity index (χ1n) is 5.44. The molecule has 2 heteroatoms. The standard InChI is InChI=1S/C11H26N2/c1-6-7-10(4)13(5)8-11(12)9(2)3/h9-11H,6-8,12H2,1-5H3. The fraction of sp³-hybridized carbons (Fsp3) is 1.00. The second-order valence-electron chi connectivity index (χ2n) is 4.49. The Morgan fingerprint density at radius 2 is 1.77 bits per heavy atom. The molecule has 80 valence electrons. The van der Waals surface area contributed by atoms with E-state index in [-0.39, 0.29) is 0 Å². The third-order valence-electron chi connectivity index (χ3n) is 2.81. The summed E-state index contributed by atoms with van der Waals surface area (Å²) in [7, 11) is 2.17. The van der Waals surface area contributed by atoms with Gasteiger partial charge < -0.3 is 10.6 Å². The normalized spacial score (nSPS) is 16.6. The third kappa shape index (κ3) is 5.27. The van der Waals surface area contributed by atoms with E-state index in [1.165, 1.54) is 12.8 Å². The predicted molar refractivity (Wildman–Crippen MR) is 59.8 cm³/mol. The molecule has 0 aromatic carbocycles. The van der Waals surface area contributed by atoms with Crippen LogP contribution in [0.1, 0.15) is 40.5 Å². The van der Waals surface area contributed by atoms with Crippen molar-refractivity contribution in [3.8, 4) is 0 Å². The average molecular weight is 186 g/mol. The largest absolute Gasteiger partial charge is 0.326 e.